The van der Waals surface area contributed by atoms with Crippen LogP contribution in [0.3, 0.4) is 0 Å². The third-order valence-corrected chi connectivity index (χ3v) is 1.82. The van der Waals surface area contributed by atoms with Crippen molar-refractivity contribution in [3.05, 3.63) is 0 Å². The Morgan fingerprint density at radius 3 is 2.00 bits per heavy atom. The Kier molecular flexibility index (Phi) is 2.99. The molecule has 0 radical (unpaired) electrons. The summed E-state index contributed by atoms with van der Waals surface area (Å²) in [6.45, 7) is -0.323. The second kappa shape index (κ2) is 3.65. The van der Waals surface area contributed by atoms with Crippen LogP contribution in [0.5, 0.6) is 0 Å². The first-order valence-corrected chi connectivity index (χ1v) is 3.56. The Morgan fingerprint density at radius 2 is 1.42 bits per heavy atom. The van der Waals surface area contributed by atoms with Gasteiger partial charge in [0.1, 0.15) is 24.4 Å². The summed E-state index contributed by atoms with van der Waals surface area (Å²) in [5.74, 6) is 0. The van der Waals surface area contributed by atoms with E-state index in [1.54, 1.807) is 0 Å². The highest BCUT2D eigenvalue weighted by atomic mass is 16.6. The minimum absolute atomic E-state index is 0.323. The van der Waals surface area contributed by atoms with Crippen LogP contribution in [0.1, 0.15) is 0 Å². The minimum atomic E-state index is -1.60. The van der Waals surface area contributed by atoms with Gasteiger partial charge in [-0.3, -0.25) is 0 Å². The van der Waals surface area contributed by atoms with Crippen LogP contribution < -0.4 is 0 Å². The molecule has 5 atom stereocenters. The number of hydrogen-bond acceptors (Lipinski definition) is 6. The average Bonchev–Trinajstić information content (AvgIpc) is 2.14. The van der Waals surface area contributed by atoms with Crippen molar-refractivity contribution in [2.75, 3.05) is 6.61 Å². The fourth-order valence-electron chi connectivity index (χ4n) is 0.993. The first kappa shape index (κ1) is 9.85. The van der Waals surface area contributed by atoms with E-state index in [2.05, 4.69) is 4.74 Å². The van der Waals surface area contributed by atoms with Crippen LogP contribution in [0.15, 0.2) is 0 Å². The van der Waals surface area contributed by atoms with Crippen molar-refractivity contribution in [2.24, 2.45) is 0 Å². The van der Waals surface area contributed by atoms with Gasteiger partial charge in [-0.25, -0.2) is 0 Å². The minimum Gasteiger partial charge on any atom is -0.388 e. The molecule has 6 heteroatoms. The van der Waals surface area contributed by atoms with E-state index in [0.717, 1.165) is 0 Å². The monoisotopic (exact) mass is 180 g/mol. The lowest BCUT2D eigenvalue weighted by Crippen LogP contribution is -2.46. The van der Waals surface area contributed by atoms with Gasteiger partial charge in [0.05, 0.1) is 6.61 Å². The van der Waals surface area contributed by atoms with Crippen molar-refractivity contribution in [3.63, 3.8) is 0 Å². The van der Waals surface area contributed by atoms with Crippen molar-refractivity contribution in [1.82, 2.24) is 0 Å². The Labute approximate surface area is 68.6 Å². The molecule has 72 valence electrons. The lowest BCUT2D eigenvalue weighted by molar-refractivity contribution is -0.181. The molecule has 1 fully saturated rings. The highest BCUT2D eigenvalue weighted by Gasteiger charge is 2.38. The van der Waals surface area contributed by atoms with Crippen molar-refractivity contribution < 1.29 is 30.3 Å². The van der Waals surface area contributed by atoms with E-state index in [9.17, 15) is 0 Å². The average molecular weight is 180 g/mol. The molecule has 0 aromatic carbocycles. The number of hydrogen-bond donors (Lipinski definition) is 5. The summed E-state index contributed by atoms with van der Waals surface area (Å²) in [5.41, 5.74) is 0. The summed E-state index contributed by atoms with van der Waals surface area (Å²) in [7, 11) is 0. The van der Waals surface area contributed by atoms with Gasteiger partial charge in [0, 0.05) is 0 Å². The van der Waals surface area contributed by atoms with Gasteiger partial charge in [-0.2, -0.15) is 0 Å². The zero-order chi connectivity index (χ0) is 9.30. The van der Waals surface area contributed by atoms with Gasteiger partial charge in [0.15, 0.2) is 6.29 Å². The van der Waals surface area contributed by atoms with Crippen molar-refractivity contribution in [2.45, 2.75) is 30.7 Å². The second-order valence-corrected chi connectivity index (χ2v) is 2.76. The van der Waals surface area contributed by atoms with Gasteiger partial charge < -0.3 is 30.3 Å². The van der Waals surface area contributed by atoms with Gasteiger partial charge >= 0.3 is 0 Å². The lowest BCUT2D eigenvalue weighted by Gasteiger charge is -2.22. The Balaban J connectivity index is 2.68. The number of ether oxygens (including phenoxy) is 1. The van der Waals surface area contributed by atoms with E-state index in [0.29, 0.717) is 0 Å². The van der Waals surface area contributed by atoms with Crippen LogP contribution in [0.2, 0.25) is 0 Å². The van der Waals surface area contributed by atoms with Crippen molar-refractivity contribution in [1.29, 1.82) is 0 Å². The molecule has 0 spiro atoms. The summed E-state index contributed by atoms with van der Waals surface area (Å²) in [4.78, 5) is 0. The zero-order valence-electron chi connectivity index (χ0n) is 6.24. The summed E-state index contributed by atoms with van der Waals surface area (Å²) in [5, 5.41) is 45.1. The lowest BCUT2D eigenvalue weighted by atomic mass is 10.0. The summed E-state index contributed by atoms with van der Waals surface area (Å²) < 4.78 is 4.50. The van der Waals surface area contributed by atoms with Crippen LogP contribution in [0, 0.1) is 0 Å². The van der Waals surface area contributed by atoms with Gasteiger partial charge in [0.25, 0.3) is 0 Å². The molecular weight excluding hydrogens is 168 g/mol. The van der Waals surface area contributed by atoms with Crippen molar-refractivity contribution in [3.8, 4) is 0 Å². The van der Waals surface area contributed by atoms with Gasteiger partial charge in [-0.15, -0.1) is 0 Å². The largest absolute Gasteiger partial charge is 0.388 e. The molecule has 1 aliphatic heterocycles. The Morgan fingerprint density at radius 1 is 0.833 bits per heavy atom. The molecule has 0 aliphatic carbocycles. The fraction of sp³-hybridized carbons (Fsp3) is 1.00. The summed E-state index contributed by atoms with van der Waals surface area (Å²) in [6.07, 6.45) is -7.58. The molecule has 6 nitrogen and oxygen atoms in total. The quantitative estimate of drug-likeness (QED) is 0.268. The first-order valence-electron chi connectivity index (χ1n) is 3.56. The Hall–Kier alpha value is -0.240. The summed E-state index contributed by atoms with van der Waals surface area (Å²) >= 11 is 0. The smallest absolute Gasteiger partial charge is 0.183 e. The van der Waals surface area contributed by atoms with E-state index in [4.69, 9.17) is 25.5 Å². The molecule has 0 amide bonds. The molecule has 1 rings (SSSR count). The SMILES string of the molecule is OC1OC[C@@H](O)[C@@H](O)[C@H](O)[C@@H]1O. The molecule has 1 heterocycles. The Bertz CT molecular complexity index is 135. The molecule has 1 unspecified atom stereocenters. The number of rotatable bonds is 0. The highest BCUT2D eigenvalue weighted by molar-refractivity contribution is 4.85. The van der Waals surface area contributed by atoms with E-state index < -0.39 is 30.7 Å². The standard InChI is InChI=1S/C6H12O6/c7-2-1-12-6(11)5(10)4(9)3(2)8/h2-11H,1H2/t2-,3-,4+,5+,6?/m1/s1. The van der Waals surface area contributed by atoms with Crippen LogP contribution in [-0.2, 0) is 4.74 Å². The molecule has 0 saturated carbocycles. The van der Waals surface area contributed by atoms with Crippen LogP contribution in [0.4, 0.5) is 0 Å². The highest BCUT2D eigenvalue weighted by Crippen LogP contribution is 2.14. The zero-order valence-corrected chi connectivity index (χ0v) is 6.24. The maximum Gasteiger partial charge on any atom is 0.183 e. The van der Waals surface area contributed by atoms with Crippen molar-refractivity contribution >= 4 is 0 Å². The normalized spacial score (nSPS) is 50.2. The fourth-order valence-corrected chi connectivity index (χ4v) is 0.993. The molecule has 12 heavy (non-hydrogen) atoms. The predicted octanol–water partition coefficient (Wildman–Crippen LogP) is -3.22. The van der Waals surface area contributed by atoms with E-state index in [1.807, 2.05) is 0 Å². The number of aliphatic hydroxyl groups is 5. The van der Waals surface area contributed by atoms with Crippen LogP contribution >= 0.6 is 0 Å². The number of aliphatic hydroxyl groups excluding tert-OH is 5. The van der Waals surface area contributed by atoms with Gasteiger partial charge in [-0.1, -0.05) is 0 Å². The van der Waals surface area contributed by atoms with Crippen LogP contribution in [0.25, 0.3) is 0 Å². The summed E-state index contributed by atoms with van der Waals surface area (Å²) in [6, 6.07) is 0. The molecule has 0 aromatic heterocycles. The molecule has 1 aliphatic rings. The topological polar surface area (TPSA) is 110 Å². The van der Waals surface area contributed by atoms with Crippen LogP contribution in [-0.4, -0.2) is 62.8 Å². The third kappa shape index (κ3) is 1.74. The molecule has 0 aromatic rings. The molecular formula is C6H12O6. The van der Waals surface area contributed by atoms with Gasteiger partial charge in [0.2, 0.25) is 0 Å². The molecule has 1 saturated heterocycles. The van der Waals surface area contributed by atoms with E-state index >= 15 is 0 Å². The first-order chi connectivity index (χ1) is 5.54. The maximum atomic E-state index is 9.07. The molecule has 5 N–H and O–H groups in total. The molecule has 0 bridgehead atoms. The predicted molar refractivity (Wildman–Crippen MR) is 36.0 cm³/mol. The van der Waals surface area contributed by atoms with E-state index in [1.165, 1.54) is 0 Å². The van der Waals surface area contributed by atoms with E-state index in [-0.39, 0.29) is 6.61 Å². The van der Waals surface area contributed by atoms with Gasteiger partial charge in [-0.05, 0) is 0 Å². The second-order valence-electron chi connectivity index (χ2n) is 2.76. The third-order valence-electron chi connectivity index (χ3n) is 1.82. The maximum absolute atomic E-state index is 9.07.